The van der Waals surface area contributed by atoms with Gasteiger partial charge in [0.25, 0.3) is 5.91 Å². The van der Waals surface area contributed by atoms with Gasteiger partial charge < -0.3 is 14.8 Å². The summed E-state index contributed by atoms with van der Waals surface area (Å²) >= 11 is 6.14. The number of pyridine rings is 1. The summed E-state index contributed by atoms with van der Waals surface area (Å²) in [5.41, 5.74) is 0.648. The fourth-order valence-electron chi connectivity index (χ4n) is 2.70. The Hall–Kier alpha value is -3.35. The molecule has 13 heteroatoms. The first-order chi connectivity index (χ1) is 16.0. The largest absolute Gasteiger partial charge is 0.573 e. The van der Waals surface area contributed by atoms with Crippen LogP contribution in [0.25, 0.3) is 0 Å². The molecule has 0 atom stereocenters. The number of sulfonamides is 1. The summed E-state index contributed by atoms with van der Waals surface area (Å²) in [5.74, 6) is -0.986. The molecule has 1 heterocycles. The highest BCUT2D eigenvalue weighted by Gasteiger charge is 2.31. The van der Waals surface area contributed by atoms with Gasteiger partial charge in [0.1, 0.15) is 11.5 Å². The van der Waals surface area contributed by atoms with Crippen molar-refractivity contribution in [3.05, 3.63) is 76.9 Å². The van der Waals surface area contributed by atoms with Crippen LogP contribution >= 0.6 is 11.6 Å². The topological polar surface area (TPSA) is 107 Å². The Balaban J connectivity index is 1.67. The van der Waals surface area contributed by atoms with Crippen LogP contribution in [0.3, 0.4) is 0 Å². The van der Waals surface area contributed by atoms with Crippen molar-refractivity contribution in [2.75, 3.05) is 7.05 Å². The average Bonchev–Trinajstić information content (AvgIpc) is 2.77. The molecule has 0 aliphatic carbocycles. The number of alkyl halides is 3. The number of benzene rings is 2. The highest BCUT2D eigenvalue weighted by Crippen LogP contribution is 2.28. The molecule has 180 valence electrons. The minimum atomic E-state index is -4.85. The van der Waals surface area contributed by atoms with E-state index < -0.39 is 28.0 Å². The molecule has 3 aromatic rings. The smallest absolute Gasteiger partial charge is 0.439 e. The van der Waals surface area contributed by atoms with Gasteiger partial charge in [0, 0.05) is 35.5 Å². The number of aromatic nitrogens is 1. The molecule has 1 amide bonds. The number of hydrogen-bond acceptors (Lipinski definition) is 6. The molecule has 0 saturated heterocycles. The summed E-state index contributed by atoms with van der Waals surface area (Å²) in [6.45, 7) is 0.00683. The Morgan fingerprint density at radius 1 is 1.09 bits per heavy atom. The fraction of sp³-hybridized carbons (Fsp3) is 0.143. The molecule has 3 rings (SSSR count). The number of hydrogen-bond donors (Lipinski definition) is 2. The van der Waals surface area contributed by atoms with Gasteiger partial charge in [0.15, 0.2) is 0 Å². The van der Waals surface area contributed by atoms with E-state index in [9.17, 15) is 26.4 Å². The molecular weight excluding hydrogens is 499 g/mol. The van der Waals surface area contributed by atoms with Gasteiger partial charge in [-0.15, -0.1) is 13.2 Å². The summed E-state index contributed by atoms with van der Waals surface area (Å²) in [7, 11) is -2.39. The Bertz CT molecular complexity index is 1300. The Morgan fingerprint density at radius 3 is 2.50 bits per heavy atom. The van der Waals surface area contributed by atoms with E-state index in [1.807, 2.05) is 0 Å². The van der Waals surface area contributed by atoms with Crippen LogP contribution in [0, 0.1) is 0 Å². The van der Waals surface area contributed by atoms with Gasteiger partial charge in [-0.1, -0.05) is 23.7 Å². The molecule has 0 fully saturated rings. The van der Waals surface area contributed by atoms with Gasteiger partial charge in [-0.2, -0.15) is 0 Å². The number of halogens is 4. The minimum absolute atomic E-state index is 0.00683. The fourth-order valence-corrected chi connectivity index (χ4v) is 3.76. The highest BCUT2D eigenvalue weighted by atomic mass is 35.5. The molecule has 1 aromatic heterocycles. The van der Waals surface area contributed by atoms with Crippen molar-refractivity contribution in [2.45, 2.75) is 17.8 Å². The van der Waals surface area contributed by atoms with Crippen LogP contribution in [0.4, 0.5) is 13.2 Å². The second kappa shape index (κ2) is 10.3. The van der Waals surface area contributed by atoms with Gasteiger partial charge in [-0.05, 0) is 42.9 Å². The lowest BCUT2D eigenvalue weighted by molar-refractivity contribution is -0.274. The number of nitrogens with one attached hydrogen (secondary N) is 2. The predicted octanol–water partition coefficient (Wildman–Crippen LogP) is 4.26. The second-order valence-electron chi connectivity index (χ2n) is 6.65. The van der Waals surface area contributed by atoms with Crippen molar-refractivity contribution in [1.82, 2.24) is 15.0 Å². The molecule has 2 N–H and O–H groups in total. The maximum absolute atomic E-state index is 12.5. The molecule has 0 aliphatic heterocycles. The standard InChI is InChI=1S/C21H17ClF3N3O5S/c1-26-34(30,31)17-6-5-14(18(22)11-17)12-28-20(29)13-7-8-27-19(9-13)32-15-3-2-4-16(10-15)33-21(23,24)25/h2-11,26H,12H2,1H3,(H,28,29). The van der Waals surface area contributed by atoms with E-state index in [0.29, 0.717) is 5.56 Å². The molecule has 0 bridgehead atoms. The molecule has 0 unspecified atom stereocenters. The molecule has 34 heavy (non-hydrogen) atoms. The van der Waals surface area contributed by atoms with E-state index in [4.69, 9.17) is 16.3 Å². The minimum Gasteiger partial charge on any atom is -0.439 e. The second-order valence-corrected chi connectivity index (χ2v) is 8.94. The first-order valence-electron chi connectivity index (χ1n) is 9.47. The van der Waals surface area contributed by atoms with Crippen LogP contribution in [0.2, 0.25) is 5.02 Å². The van der Waals surface area contributed by atoms with E-state index in [1.54, 1.807) is 0 Å². The van der Waals surface area contributed by atoms with Gasteiger partial charge in [-0.25, -0.2) is 18.1 Å². The monoisotopic (exact) mass is 515 g/mol. The average molecular weight is 516 g/mol. The molecule has 0 radical (unpaired) electrons. The van der Waals surface area contributed by atoms with Gasteiger partial charge in [0.2, 0.25) is 15.9 Å². The lowest BCUT2D eigenvalue weighted by Gasteiger charge is -2.11. The van der Waals surface area contributed by atoms with Crippen LogP contribution in [0.5, 0.6) is 17.4 Å². The maximum atomic E-state index is 12.5. The van der Waals surface area contributed by atoms with Crippen molar-refractivity contribution < 1.29 is 35.9 Å². The zero-order chi connectivity index (χ0) is 24.9. The molecule has 8 nitrogen and oxygen atoms in total. The number of carbonyl (C=O) groups excluding carboxylic acids is 1. The van der Waals surface area contributed by atoms with Crippen LogP contribution in [0.15, 0.2) is 65.7 Å². The maximum Gasteiger partial charge on any atom is 0.573 e. The normalized spacial score (nSPS) is 11.7. The zero-order valence-corrected chi connectivity index (χ0v) is 19.0. The van der Waals surface area contributed by atoms with Crippen molar-refractivity contribution >= 4 is 27.5 Å². The van der Waals surface area contributed by atoms with E-state index >= 15 is 0 Å². The predicted molar refractivity (Wildman–Crippen MR) is 116 cm³/mol. The number of rotatable bonds is 8. The quantitative estimate of drug-likeness (QED) is 0.464. The first-order valence-corrected chi connectivity index (χ1v) is 11.3. The van der Waals surface area contributed by atoms with Crippen LogP contribution in [0.1, 0.15) is 15.9 Å². The van der Waals surface area contributed by atoms with Crippen molar-refractivity contribution in [1.29, 1.82) is 0 Å². The van der Waals surface area contributed by atoms with E-state index in [-0.39, 0.29) is 33.7 Å². The lowest BCUT2D eigenvalue weighted by Crippen LogP contribution is -2.23. The summed E-state index contributed by atoms with van der Waals surface area (Å²) in [4.78, 5) is 16.5. The third kappa shape index (κ3) is 6.83. The molecule has 0 aliphatic rings. The van der Waals surface area contributed by atoms with Gasteiger partial charge in [0.05, 0.1) is 4.90 Å². The van der Waals surface area contributed by atoms with Gasteiger partial charge in [-0.3, -0.25) is 4.79 Å². The number of amides is 1. The highest BCUT2D eigenvalue weighted by molar-refractivity contribution is 7.89. The third-order valence-corrected chi connectivity index (χ3v) is 6.07. The van der Waals surface area contributed by atoms with Gasteiger partial charge >= 0.3 is 6.36 Å². The van der Waals surface area contributed by atoms with Crippen molar-refractivity contribution in [3.63, 3.8) is 0 Å². The molecule has 0 spiro atoms. The van der Waals surface area contributed by atoms with E-state index in [2.05, 4.69) is 19.8 Å². The summed E-state index contributed by atoms with van der Waals surface area (Å²) in [6, 6.07) is 11.7. The summed E-state index contributed by atoms with van der Waals surface area (Å²) < 4.78 is 72.3. The molecular formula is C21H17ClF3N3O5S. The van der Waals surface area contributed by atoms with E-state index in [0.717, 1.165) is 12.1 Å². The van der Waals surface area contributed by atoms with Crippen molar-refractivity contribution in [2.24, 2.45) is 0 Å². The number of nitrogens with zero attached hydrogens (tertiary/aromatic N) is 1. The molecule has 2 aromatic carbocycles. The number of ether oxygens (including phenoxy) is 2. The van der Waals surface area contributed by atoms with E-state index in [1.165, 1.54) is 55.7 Å². The Morgan fingerprint density at radius 2 is 1.82 bits per heavy atom. The van der Waals surface area contributed by atoms with Crippen molar-refractivity contribution in [3.8, 4) is 17.4 Å². The summed E-state index contributed by atoms with van der Waals surface area (Å²) in [5, 5.41) is 2.79. The zero-order valence-electron chi connectivity index (χ0n) is 17.4. The van der Waals surface area contributed by atoms with Crippen LogP contribution in [-0.4, -0.2) is 32.7 Å². The molecule has 0 saturated carbocycles. The summed E-state index contributed by atoms with van der Waals surface area (Å²) in [6.07, 6.45) is -3.55. The first kappa shape index (κ1) is 25.3. The Labute approximate surface area is 197 Å². The number of carbonyl (C=O) groups is 1. The Kier molecular flexibility index (Phi) is 7.64. The SMILES string of the molecule is CNS(=O)(=O)c1ccc(CNC(=O)c2ccnc(Oc3cccc(OC(F)(F)F)c3)c2)c(Cl)c1. The van der Waals surface area contributed by atoms with Crippen LogP contribution < -0.4 is 19.5 Å². The van der Waals surface area contributed by atoms with Crippen LogP contribution in [-0.2, 0) is 16.6 Å². The lowest BCUT2D eigenvalue weighted by atomic mass is 10.2. The third-order valence-electron chi connectivity index (χ3n) is 4.30.